The van der Waals surface area contributed by atoms with Crippen LogP contribution in [-0.4, -0.2) is 72.8 Å². The van der Waals surface area contributed by atoms with Crippen LogP contribution >= 0.6 is 0 Å². The lowest BCUT2D eigenvalue weighted by Crippen LogP contribution is -2.49. The first-order valence-corrected chi connectivity index (χ1v) is 14.1. The van der Waals surface area contributed by atoms with Gasteiger partial charge in [-0.3, -0.25) is 9.78 Å². The third-order valence-corrected chi connectivity index (χ3v) is 7.88. The second-order valence-electron chi connectivity index (χ2n) is 10.7. The minimum Gasteiger partial charge on any atom is -0.497 e. The summed E-state index contributed by atoms with van der Waals surface area (Å²) in [5.74, 6) is 1.52. The summed E-state index contributed by atoms with van der Waals surface area (Å²) in [6.07, 6.45) is -2.07. The third-order valence-electron chi connectivity index (χ3n) is 7.88. The van der Waals surface area contributed by atoms with E-state index in [1.807, 2.05) is 18.2 Å². The van der Waals surface area contributed by atoms with E-state index in [1.165, 1.54) is 18.3 Å². The lowest BCUT2D eigenvalue weighted by molar-refractivity contribution is -0.137. The number of pyridine rings is 1. The van der Waals surface area contributed by atoms with Crippen molar-refractivity contribution in [2.24, 2.45) is 5.92 Å². The molecule has 4 aromatic rings. The standard InChI is InChI=1S/C33H34F3N3O4/c1-42-28-11-8-25(30(17-28)43-2)21-39(13-12-22-19-38(20-22)14-15-40)32(41)26-16-24-4-3-5-29(31(24)37-18-26)23-6-9-27(10-7-23)33(34,35)36/h3-11,16-18,22,40H,12-15,19-21H2,1-2H3. The normalized spacial score (nSPS) is 14.0. The van der Waals surface area contributed by atoms with E-state index in [2.05, 4.69) is 9.88 Å². The number of halogens is 3. The molecule has 1 fully saturated rings. The maximum atomic E-state index is 14.0. The molecule has 5 rings (SSSR count). The van der Waals surface area contributed by atoms with Crippen molar-refractivity contribution in [1.82, 2.24) is 14.8 Å². The van der Waals surface area contributed by atoms with Crippen LogP contribution in [0, 0.1) is 5.92 Å². The number of likely N-dealkylation sites (tertiary alicyclic amines) is 1. The molecule has 1 aliphatic rings. The number of aliphatic hydroxyl groups excluding tert-OH is 1. The van der Waals surface area contributed by atoms with E-state index in [-0.39, 0.29) is 12.5 Å². The predicted octanol–water partition coefficient (Wildman–Crippen LogP) is 5.89. The van der Waals surface area contributed by atoms with Crippen molar-refractivity contribution in [2.45, 2.75) is 19.1 Å². The fraction of sp³-hybridized carbons (Fsp3) is 0.333. The highest BCUT2D eigenvalue weighted by Gasteiger charge is 2.30. The van der Waals surface area contributed by atoms with Gasteiger partial charge in [0, 0.05) is 61.5 Å². The van der Waals surface area contributed by atoms with E-state index in [4.69, 9.17) is 9.47 Å². The molecule has 0 spiro atoms. The summed E-state index contributed by atoms with van der Waals surface area (Å²) >= 11 is 0. The molecule has 0 atom stereocenters. The maximum Gasteiger partial charge on any atom is 0.416 e. The summed E-state index contributed by atoms with van der Waals surface area (Å²) in [6.45, 7) is 3.40. The highest BCUT2D eigenvalue weighted by Crippen LogP contribution is 2.33. The van der Waals surface area contributed by atoms with E-state index in [1.54, 1.807) is 43.4 Å². The molecule has 1 amide bonds. The molecule has 0 radical (unpaired) electrons. The molecule has 7 nitrogen and oxygen atoms in total. The van der Waals surface area contributed by atoms with E-state index in [0.717, 1.165) is 37.2 Å². The molecule has 0 bridgehead atoms. The van der Waals surface area contributed by atoms with Gasteiger partial charge in [-0.05, 0) is 48.2 Å². The van der Waals surface area contributed by atoms with Crippen LogP contribution in [0.2, 0.25) is 0 Å². The summed E-state index contributed by atoms with van der Waals surface area (Å²) in [7, 11) is 3.16. The Morgan fingerprint density at radius 3 is 2.49 bits per heavy atom. The molecule has 1 saturated heterocycles. The number of carbonyl (C=O) groups excluding carboxylic acids is 1. The van der Waals surface area contributed by atoms with Crippen LogP contribution in [0.5, 0.6) is 11.5 Å². The van der Waals surface area contributed by atoms with Gasteiger partial charge in [-0.1, -0.05) is 30.3 Å². The van der Waals surface area contributed by atoms with Crippen LogP contribution in [0.4, 0.5) is 13.2 Å². The first-order valence-electron chi connectivity index (χ1n) is 14.1. The number of fused-ring (bicyclic) bond motifs is 1. The highest BCUT2D eigenvalue weighted by molar-refractivity contribution is 6.00. The number of para-hydroxylation sites is 1. The number of aliphatic hydroxyl groups is 1. The van der Waals surface area contributed by atoms with Gasteiger partial charge in [0.05, 0.1) is 37.5 Å². The van der Waals surface area contributed by atoms with Crippen LogP contribution in [-0.2, 0) is 12.7 Å². The number of β-amino-alcohol motifs (C(OH)–C–C–N with tert-alkyl or cyclic N) is 1. The molecule has 0 unspecified atom stereocenters. The summed E-state index contributed by atoms with van der Waals surface area (Å²) in [6, 6.07) is 17.7. The van der Waals surface area contributed by atoms with Crippen molar-refractivity contribution in [3.63, 3.8) is 0 Å². The van der Waals surface area contributed by atoms with Crippen molar-refractivity contribution in [2.75, 3.05) is 47.0 Å². The number of hydrogen-bond donors (Lipinski definition) is 1. The van der Waals surface area contributed by atoms with Crippen molar-refractivity contribution < 1.29 is 32.5 Å². The number of methoxy groups -OCH3 is 2. The summed E-state index contributed by atoms with van der Waals surface area (Å²) in [4.78, 5) is 22.5. The molecule has 43 heavy (non-hydrogen) atoms. The number of ether oxygens (including phenoxy) is 2. The third kappa shape index (κ3) is 6.92. The van der Waals surface area contributed by atoms with Crippen molar-refractivity contribution in [3.05, 3.63) is 89.6 Å². The minimum absolute atomic E-state index is 0.129. The largest absolute Gasteiger partial charge is 0.497 e. The van der Waals surface area contributed by atoms with Gasteiger partial charge < -0.3 is 24.4 Å². The fourth-order valence-electron chi connectivity index (χ4n) is 5.49. The lowest BCUT2D eigenvalue weighted by atomic mass is 9.96. The lowest BCUT2D eigenvalue weighted by Gasteiger charge is -2.40. The van der Waals surface area contributed by atoms with Crippen LogP contribution in [0.1, 0.15) is 27.9 Å². The quantitative estimate of drug-likeness (QED) is 0.234. The second-order valence-corrected chi connectivity index (χ2v) is 10.7. The van der Waals surface area contributed by atoms with Crippen LogP contribution in [0.3, 0.4) is 0 Å². The monoisotopic (exact) mass is 593 g/mol. The van der Waals surface area contributed by atoms with E-state index < -0.39 is 11.7 Å². The zero-order valence-electron chi connectivity index (χ0n) is 24.1. The topological polar surface area (TPSA) is 75.1 Å². The molecule has 3 aromatic carbocycles. The molecule has 1 aliphatic heterocycles. The molecular formula is C33H34F3N3O4. The van der Waals surface area contributed by atoms with E-state index in [9.17, 15) is 23.1 Å². The van der Waals surface area contributed by atoms with Crippen LogP contribution in [0.15, 0.2) is 72.9 Å². The van der Waals surface area contributed by atoms with Gasteiger partial charge in [0.15, 0.2) is 0 Å². The smallest absolute Gasteiger partial charge is 0.416 e. The predicted molar refractivity (Wildman–Crippen MR) is 158 cm³/mol. The minimum atomic E-state index is -4.41. The molecule has 1 aromatic heterocycles. The van der Waals surface area contributed by atoms with Crippen LogP contribution < -0.4 is 9.47 Å². The number of nitrogens with zero attached hydrogens (tertiary/aromatic N) is 3. The van der Waals surface area contributed by atoms with Gasteiger partial charge >= 0.3 is 6.18 Å². The summed E-state index contributed by atoms with van der Waals surface area (Å²) in [5, 5.41) is 9.90. The first kappa shape index (κ1) is 30.3. The zero-order valence-corrected chi connectivity index (χ0v) is 24.1. The Bertz CT molecular complexity index is 1570. The Kier molecular flexibility index (Phi) is 9.17. The Morgan fingerprint density at radius 2 is 1.81 bits per heavy atom. The Hall–Kier alpha value is -4.15. The molecule has 2 heterocycles. The van der Waals surface area contributed by atoms with Gasteiger partial charge in [0.2, 0.25) is 0 Å². The number of carbonyl (C=O) groups is 1. The highest BCUT2D eigenvalue weighted by atomic mass is 19.4. The SMILES string of the molecule is COc1ccc(CN(CCC2CN(CCO)C2)C(=O)c2cnc3c(-c4ccc(C(F)(F)F)cc4)cccc3c2)c(OC)c1. The Labute approximate surface area is 248 Å². The van der Waals surface area contributed by atoms with Gasteiger partial charge in [0.1, 0.15) is 11.5 Å². The summed E-state index contributed by atoms with van der Waals surface area (Å²) < 4.78 is 50.1. The number of alkyl halides is 3. The Balaban J connectivity index is 1.41. The van der Waals surface area contributed by atoms with Gasteiger partial charge in [0.25, 0.3) is 5.91 Å². The molecule has 0 aliphatic carbocycles. The number of aromatic nitrogens is 1. The van der Waals surface area contributed by atoms with Crippen molar-refractivity contribution in [1.29, 1.82) is 0 Å². The second kappa shape index (κ2) is 13.0. The molecule has 1 N–H and O–H groups in total. The molecule has 0 saturated carbocycles. The van der Waals surface area contributed by atoms with E-state index >= 15 is 0 Å². The fourth-order valence-corrected chi connectivity index (χ4v) is 5.49. The maximum absolute atomic E-state index is 14.0. The average molecular weight is 594 g/mol. The average Bonchev–Trinajstić information content (AvgIpc) is 3.00. The van der Waals surface area contributed by atoms with Gasteiger partial charge in [-0.15, -0.1) is 0 Å². The van der Waals surface area contributed by atoms with Crippen molar-refractivity contribution in [3.8, 4) is 22.6 Å². The summed E-state index contributed by atoms with van der Waals surface area (Å²) in [5.41, 5.74) is 2.43. The van der Waals surface area contributed by atoms with Crippen LogP contribution in [0.25, 0.3) is 22.0 Å². The molecular weight excluding hydrogens is 559 g/mol. The number of amides is 1. The number of hydrogen-bond acceptors (Lipinski definition) is 6. The van der Waals surface area contributed by atoms with Gasteiger partial charge in [-0.25, -0.2) is 0 Å². The number of rotatable bonds is 11. The first-order chi connectivity index (χ1) is 20.7. The Morgan fingerprint density at radius 1 is 1.05 bits per heavy atom. The van der Waals surface area contributed by atoms with Gasteiger partial charge in [-0.2, -0.15) is 13.2 Å². The van der Waals surface area contributed by atoms with E-state index in [0.29, 0.717) is 64.6 Å². The molecule has 226 valence electrons. The number of benzene rings is 3. The molecule has 10 heteroatoms. The zero-order chi connectivity index (χ0) is 30.6. The van der Waals surface area contributed by atoms with Crippen molar-refractivity contribution >= 4 is 16.8 Å².